The molecule has 0 radical (unpaired) electrons. The Kier molecular flexibility index (Phi) is 1.64. The molecule has 0 unspecified atom stereocenters. The molecule has 13 heavy (non-hydrogen) atoms. The number of rotatable bonds is 1. The Morgan fingerprint density at radius 3 is 2.15 bits per heavy atom. The number of alkyl halides is 2. The number of aliphatic carboxylic acids is 1. The second-order valence-electron chi connectivity index (χ2n) is 3.87. The smallest absolute Gasteiger partial charge is 0.315 e. The summed E-state index contributed by atoms with van der Waals surface area (Å²) in [6.45, 7) is 0.586. The number of nitrogens with zero attached hydrogens (tertiary/aromatic N) is 1. The summed E-state index contributed by atoms with van der Waals surface area (Å²) >= 11 is 0. The lowest BCUT2D eigenvalue weighted by atomic mass is 9.69. The van der Waals surface area contributed by atoms with E-state index in [9.17, 15) is 13.6 Å². The van der Waals surface area contributed by atoms with Crippen LogP contribution >= 0.6 is 0 Å². The van der Waals surface area contributed by atoms with E-state index in [-0.39, 0.29) is 19.4 Å². The minimum Gasteiger partial charge on any atom is -0.481 e. The molecule has 5 heteroatoms. The molecule has 0 aromatic rings. The van der Waals surface area contributed by atoms with Gasteiger partial charge in [0.25, 0.3) is 5.92 Å². The van der Waals surface area contributed by atoms with Gasteiger partial charge < -0.3 is 5.11 Å². The highest BCUT2D eigenvalue weighted by Gasteiger charge is 2.64. The number of carboxylic acid groups (broad SMARTS) is 1. The lowest BCUT2D eigenvalue weighted by Crippen LogP contribution is -2.64. The third-order valence-corrected chi connectivity index (χ3v) is 3.24. The van der Waals surface area contributed by atoms with Crippen LogP contribution < -0.4 is 0 Å². The number of halogens is 2. The van der Waals surface area contributed by atoms with Gasteiger partial charge in [0.1, 0.15) is 5.41 Å². The molecule has 0 spiro atoms. The zero-order valence-electron chi connectivity index (χ0n) is 7.09. The monoisotopic (exact) mass is 191 g/mol. The second kappa shape index (κ2) is 2.41. The first-order chi connectivity index (χ1) is 5.98. The lowest BCUT2D eigenvalue weighted by molar-refractivity contribution is -0.217. The minimum absolute atomic E-state index is 0.0787. The summed E-state index contributed by atoms with van der Waals surface area (Å²) in [7, 11) is 0. The molecule has 3 aliphatic rings. The van der Waals surface area contributed by atoms with Gasteiger partial charge in [0.15, 0.2) is 0 Å². The standard InChI is InChI=1S/C8H11F2NO2/c9-8(10)5-11-3-1-7(8,2-4-11)6(12)13/h1-5H2,(H,12,13). The van der Waals surface area contributed by atoms with Crippen LogP contribution in [0.5, 0.6) is 0 Å². The third-order valence-electron chi connectivity index (χ3n) is 3.24. The van der Waals surface area contributed by atoms with Crippen molar-refractivity contribution in [3.8, 4) is 0 Å². The Balaban J connectivity index is 2.37. The summed E-state index contributed by atoms with van der Waals surface area (Å²) in [5.41, 5.74) is -1.78. The predicted octanol–water partition coefficient (Wildman–Crippen LogP) is 0.802. The van der Waals surface area contributed by atoms with E-state index in [1.54, 1.807) is 4.90 Å². The summed E-state index contributed by atoms with van der Waals surface area (Å²) in [5, 5.41) is 8.85. The first-order valence-corrected chi connectivity index (χ1v) is 4.32. The molecule has 74 valence electrons. The van der Waals surface area contributed by atoms with Gasteiger partial charge in [-0.3, -0.25) is 9.69 Å². The Morgan fingerprint density at radius 2 is 1.85 bits per heavy atom. The normalized spacial score (nSPS) is 41.8. The molecule has 0 saturated carbocycles. The number of hydrogen-bond donors (Lipinski definition) is 1. The Labute approximate surface area is 74.3 Å². The van der Waals surface area contributed by atoms with Crippen LogP contribution in [0.3, 0.4) is 0 Å². The van der Waals surface area contributed by atoms with Crippen LogP contribution in [0.15, 0.2) is 0 Å². The highest BCUT2D eigenvalue weighted by atomic mass is 19.3. The molecule has 3 heterocycles. The SMILES string of the molecule is O=C(O)C12CCN(CC1)CC2(F)F. The van der Waals surface area contributed by atoms with E-state index in [1.165, 1.54) is 0 Å². The third kappa shape index (κ3) is 0.995. The molecule has 0 aromatic carbocycles. The molecule has 3 aliphatic heterocycles. The summed E-state index contributed by atoms with van der Waals surface area (Å²) < 4.78 is 26.8. The summed E-state index contributed by atoms with van der Waals surface area (Å²) in [5.74, 6) is -4.40. The van der Waals surface area contributed by atoms with Crippen molar-refractivity contribution in [2.45, 2.75) is 18.8 Å². The van der Waals surface area contributed by atoms with Gasteiger partial charge in [-0.1, -0.05) is 0 Å². The van der Waals surface area contributed by atoms with Gasteiger partial charge in [-0.2, -0.15) is 0 Å². The molecule has 0 amide bonds. The Hall–Kier alpha value is -0.710. The highest BCUT2D eigenvalue weighted by molar-refractivity contribution is 5.76. The van der Waals surface area contributed by atoms with Gasteiger partial charge >= 0.3 is 5.97 Å². The quantitative estimate of drug-likeness (QED) is 0.666. The van der Waals surface area contributed by atoms with Crippen LogP contribution in [0.1, 0.15) is 12.8 Å². The number of carboxylic acids is 1. The zero-order chi connectivity index (χ0) is 9.69. The van der Waals surface area contributed by atoms with Crippen LogP contribution in [0.4, 0.5) is 8.78 Å². The molecule has 3 saturated heterocycles. The fraction of sp³-hybridized carbons (Fsp3) is 0.875. The van der Waals surface area contributed by atoms with Crippen molar-refractivity contribution in [3.05, 3.63) is 0 Å². The molecule has 1 N–H and O–H groups in total. The van der Waals surface area contributed by atoms with E-state index in [0.717, 1.165) is 0 Å². The van der Waals surface area contributed by atoms with Crippen molar-refractivity contribution in [1.29, 1.82) is 0 Å². The first kappa shape index (κ1) is 8.87. The number of fused-ring (bicyclic) bond motifs is 3. The summed E-state index contributed by atoms with van der Waals surface area (Å²) in [6, 6.07) is 0. The van der Waals surface area contributed by atoms with E-state index in [2.05, 4.69) is 0 Å². The van der Waals surface area contributed by atoms with E-state index >= 15 is 0 Å². The maximum atomic E-state index is 13.4. The molecule has 3 fully saturated rings. The molecular formula is C8H11F2NO2. The topological polar surface area (TPSA) is 40.5 Å². The lowest BCUT2D eigenvalue weighted by Gasteiger charge is -2.50. The highest BCUT2D eigenvalue weighted by Crippen LogP contribution is 2.50. The largest absolute Gasteiger partial charge is 0.481 e. The van der Waals surface area contributed by atoms with Crippen molar-refractivity contribution >= 4 is 5.97 Å². The Morgan fingerprint density at radius 1 is 1.31 bits per heavy atom. The fourth-order valence-electron chi connectivity index (χ4n) is 2.26. The maximum Gasteiger partial charge on any atom is 0.315 e. The molecule has 0 aromatic heterocycles. The van der Waals surface area contributed by atoms with Crippen molar-refractivity contribution < 1.29 is 18.7 Å². The summed E-state index contributed by atoms with van der Waals surface area (Å²) in [4.78, 5) is 12.5. The average Bonchev–Trinajstić information content (AvgIpc) is 2.03. The van der Waals surface area contributed by atoms with Gasteiger partial charge in [-0.25, -0.2) is 8.78 Å². The fourth-order valence-corrected chi connectivity index (χ4v) is 2.26. The van der Waals surface area contributed by atoms with E-state index in [0.29, 0.717) is 13.1 Å². The first-order valence-electron chi connectivity index (χ1n) is 4.32. The minimum atomic E-state index is -3.06. The average molecular weight is 191 g/mol. The van der Waals surface area contributed by atoms with Crippen LogP contribution in [0.2, 0.25) is 0 Å². The Bertz CT molecular complexity index is 247. The van der Waals surface area contributed by atoms with Crippen molar-refractivity contribution in [2.75, 3.05) is 19.6 Å². The molecule has 2 bridgehead atoms. The molecular weight excluding hydrogens is 180 g/mol. The summed E-state index contributed by atoms with van der Waals surface area (Å²) in [6.07, 6.45) is 0.157. The van der Waals surface area contributed by atoms with Gasteiger partial charge in [0.2, 0.25) is 0 Å². The van der Waals surface area contributed by atoms with E-state index in [1.807, 2.05) is 0 Å². The molecule has 3 rings (SSSR count). The van der Waals surface area contributed by atoms with Crippen LogP contribution in [0.25, 0.3) is 0 Å². The number of hydrogen-bond acceptors (Lipinski definition) is 2. The van der Waals surface area contributed by atoms with Crippen LogP contribution in [-0.4, -0.2) is 41.5 Å². The second-order valence-corrected chi connectivity index (χ2v) is 3.87. The van der Waals surface area contributed by atoms with Gasteiger partial charge in [0, 0.05) is 0 Å². The predicted molar refractivity (Wildman–Crippen MR) is 40.7 cm³/mol. The van der Waals surface area contributed by atoms with Crippen LogP contribution in [-0.2, 0) is 4.79 Å². The molecule has 3 nitrogen and oxygen atoms in total. The van der Waals surface area contributed by atoms with Crippen molar-refractivity contribution in [1.82, 2.24) is 4.90 Å². The van der Waals surface area contributed by atoms with Crippen molar-refractivity contribution in [2.24, 2.45) is 5.41 Å². The maximum absolute atomic E-state index is 13.4. The van der Waals surface area contributed by atoms with Gasteiger partial charge in [-0.05, 0) is 25.9 Å². The molecule has 0 atom stereocenters. The number of piperidine rings is 3. The zero-order valence-corrected chi connectivity index (χ0v) is 7.09. The van der Waals surface area contributed by atoms with E-state index in [4.69, 9.17) is 5.11 Å². The van der Waals surface area contributed by atoms with E-state index < -0.39 is 17.3 Å². The van der Waals surface area contributed by atoms with Crippen molar-refractivity contribution in [3.63, 3.8) is 0 Å². The van der Waals surface area contributed by atoms with Gasteiger partial charge in [-0.15, -0.1) is 0 Å². The molecule has 0 aliphatic carbocycles. The number of carbonyl (C=O) groups is 1. The van der Waals surface area contributed by atoms with Crippen LogP contribution in [0, 0.1) is 5.41 Å². The van der Waals surface area contributed by atoms with Gasteiger partial charge in [0.05, 0.1) is 6.54 Å².